The SMILES string of the molecule is Cc1ccc(NC(=O)C2CCNCC2)cc1-n1cnnn1.Cl. The van der Waals surface area contributed by atoms with Gasteiger partial charge in [0, 0.05) is 11.6 Å². The predicted molar refractivity (Wildman–Crippen MR) is 85.4 cm³/mol. The lowest BCUT2D eigenvalue weighted by atomic mass is 9.97. The first-order chi connectivity index (χ1) is 10.2. The number of carbonyl (C=O) groups is 1. The van der Waals surface area contributed by atoms with Crippen LogP contribution in [0.15, 0.2) is 24.5 Å². The number of carbonyl (C=O) groups excluding carboxylic acids is 1. The lowest BCUT2D eigenvalue weighted by Gasteiger charge is -2.22. The number of piperidine rings is 1. The van der Waals surface area contributed by atoms with Crippen molar-refractivity contribution in [1.29, 1.82) is 0 Å². The molecule has 1 aliphatic heterocycles. The molecule has 0 saturated carbocycles. The zero-order chi connectivity index (χ0) is 14.7. The minimum absolute atomic E-state index is 0. The first-order valence-electron chi connectivity index (χ1n) is 7.09. The summed E-state index contributed by atoms with van der Waals surface area (Å²) in [6.07, 6.45) is 3.32. The maximum absolute atomic E-state index is 12.3. The van der Waals surface area contributed by atoms with E-state index >= 15 is 0 Å². The molecule has 2 heterocycles. The molecule has 0 radical (unpaired) electrons. The van der Waals surface area contributed by atoms with Gasteiger partial charge in [-0.25, -0.2) is 4.68 Å². The first kappa shape index (κ1) is 16.4. The number of aryl methyl sites for hydroxylation is 1. The minimum atomic E-state index is 0. The third kappa shape index (κ3) is 3.61. The molecule has 0 atom stereocenters. The smallest absolute Gasteiger partial charge is 0.227 e. The molecule has 1 aliphatic rings. The quantitative estimate of drug-likeness (QED) is 0.890. The number of halogens is 1. The zero-order valence-corrected chi connectivity index (χ0v) is 13.1. The number of aromatic nitrogens is 4. The van der Waals surface area contributed by atoms with Crippen LogP contribution in [0, 0.1) is 12.8 Å². The van der Waals surface area contributed by atoms with Gasteiger partial charge in [0.15, 0.2) is 0 Å². The van der Waals surface area contributed by atoms with Crippen molar-refractivity contribution in [2.24, 2.45) is 5.92 Å². The second-order valence-electron chi connectivity index (χ2n) is 5.27. The third-order valence-electron chi connectivity index (χ3n) is 3.78. The molecule has 0 bridgehead atoms. The minimum Gasteiger partial charge on any atom is -0.326 e. The van der Waals surface area contributed by atoms with Gasteiger partial charge >= 0.3 is 0 Å². The predicted octanol–water partition coefficient (Wildman–Crippen LogP) is 1.33. The van der Waals surface area contributed by atoms with Crippen molar-refractivity contribution < 1.29 is 4.79 Å². The molecule has 1 aromatic heterocycles. The van der Waals surface area contributed by atoms with Crippen LogP contribution in [-0.4, -0.2) is 39.2 Å². The van der Waals surface area contributed by atoms with Gasteiger partial charge in [-0.05, 0) is 61.0 Å². The Balaban J connectivity index is 0.00000176. The molecule has 7 nitrogen and oxygen atoms in total. The van der Waals surface area contributed by atoms with E-state index in [-0.39, 0.29) is 24.2 Å². The highest BCUT2D eigenvalue weighted by Gasteiger charge is 2.21. The first-order valence-corrected chi connectivity index (χ1v) is 7.09. The molecular weight excluding hydrogens is 304 g/mol. The van der Waals surface area contributed by atoms with Crippen molar-refractivity contribution in [2.75, 3.05) is 18.4 Å². The van der Waals surface area contributed by atoms with Gasteiger partial charge in [-0.3, -0.25) is 4.79 Å². The van der Waals surface area contributed by atoms with Crippen molar-refractivity contribution in [1.82, 2.24) is 25.5 Å². The summed E-state index contributed by atoms with van der Waals surface area (Å²) in [4.78, 5) is 12.3. The van der Waals surface area contributed by atoms with E-state index < -0.39 is 0 Å². The average molecular weight is 323 g/mol. The van der Waals surface area contributed by atoms with Gasteiger partial charge in [-0.2, -0.15) is 0 Å². The summed E-state index contributed by atoms with van der Waals surface area (Å²) < 4.78 is 1.59. The van der Waals surface area contributed by atoms with E-state index in [9.17, 15) is 4.79 Å². The molecule has 1 saturated heterocycles. The Labute approximate surface area is 134 Å². The summed E-state index contributed by atoms with van der Waals surface area (Å²) in [6.45, 7) is 3.79. The van der Waals surface area contributed by atoms with E-state index in [1.165, 1.54) is 0 Å². The van der Waals surface area contributed by atoms with Gasteiger partial charge in [0.25, 0.3) is 0 Å². The molecule has 2 aromatic rings. The molecule has 2 N–H and O–H groups in total. The van der Waals surface area contributed by atoms with E-state index in [0.29, 0.717) is 0 Å². The zero-order valence-electron chi connectivity index (χ0n) is 12.3. The highest BCUT2D eigenvalue weighted by atomic mass is 35.5. The van der Waals surface area contributed by atoms with Gasteiger partial charge in [0.2, 0.25) is 5.91 Å². The lowest BCUT2D eigenvalue weighted by Crippen LogP contribution is -2.34. The highest BCUT2D eigenvalue weighted by Crippen LogP contribution is 2.20. The number of hydrogen-bond donors (Lipinski definition) is 2. The van der Waals surface area contributed by atoms with Crippen LogP contribution in [-0.2, 0) is 4.79 Å². The highest BCUT2D eigenvalue weighted by molar-refractivity contribution is 5.93. The van der Waals surface area contributed by atoms with Gasteiger partial charge in [-0.1, -0.05) is 6.07 Å². The molecule has 1 aromatic carbocycles. The summed E-state index contributed by atoms with van der Waals surface area (Å²) in [5.74, 6) is 0.173. The Hall–Kier alpha value is -1.99. The van der Waals surface area contributed by atoms with Crippen molar-refractivity contribution in [3.63, 3.8) is 0 Å². The molecule has 0 aliphatic carbocycles. The number of nitrogens with zero attached hydrogens (tertiary/aromatic N) is 4. The van der Waals surface area contributed by atoms with Gasteiger partial charge in [0.1, 0.15) is 6.33 Å². The standard InChI is InChI=1S/C14H18N6O.ClH/c1-10-2-3-12(8-13(10)20-9-16-18-19-20)17-14(21)11-4-6-15-7-5-11;/h2-3,8-9,11,15H,4-7H2,1H3,(H,17,21);1H. The second-order valence-corrected chi connectivity index (χ2v) is 5.27. The van der Waals surface area contributed by atoms with Crippen LogP contribution in [0.2, 0.25) is 0 Å². The molecular formula is C14H19ClN6O. The molecule has 3 rings (SSSR count). The van der Waals surface area contributed by atoms with Crippen molar-refractivity contribution in [2.45, 2.75) is 19.8 Å². The molecule has 8 heteroatoms. The molecule has 118 valence electrons. The molecule has 0 unspecified atom stereocenters. The summed E-state index contributed by atoms with van der Waals surface area (Å²) in [5, 5.41) is 17.4. The van der Waals surface area contributed by atoms with Crippen LogP contribution < -0.4 is 10.6 Å². The Morgan fingerprint density at radius 2 is 2.14 bits per heavy atom. The van der Waals surface area contributed by atoms with E-state index in [1.807, 2.05) is 25.1 Å². The van der Waals surface area contributed by atoms with Gasteiger partial charge in [0.05, 0.1) is 5.69 Å². The number of tetrazole rings is 1. The van der Waals surface area contributed by atoms with E-state index in [1.54, 1.807) is 11.0 Å². The summed E-state index contributed by atoms with van der Waals surface area (Å²) in [6, 6.07) is 5.75. The summed E-state index contributed by atoms with van der Waals surface area (Å²) >= 11 is 0. The van der Waals surface area contributed by atoms with Crippen molar-refractivity contribution in [3.8, 4) is 5.69 Å². The van der Waals surface area contributed by atoms with Crippen molar-refractivity contribution in [3.05, 3.63) is 30.1 Å². The lowest BCUT2D eigenvalue weighted by molar-refractivity contribution is -0.120. The maximum Gasteiger partial charge on any atom is 0.227 e. The fourth-order valence-corrected chi connectivity index (χ4v) is 2.53. The number of benzene rings is 1. The topological polar surface area (TPSA) is 84.7 Å². The Morgan fingerprint density at radius 1 is 1.36 bits per heavy atom. The second kappa shape index (κ2) is 7.33. The normalized spacial score (nSPS) is 15.1. The third-order valence-corrected chi connectivity index (χ3v) is 3.78. The monoisotopic (exact) mass is 322 g/mol. The van der Waals surface area contributed by atoms with Crippen LogP contribution in [0.4, 0.5) is 5.69 Å². The van der Waals surface area contributed by atoms with Gasteiger partial charge in [-0.15, -0.1) is 17.5 Å². The van der Waals surface area contributed by atoms with E-state index in [2.05, 4.69) is 26.2 Å². The fraction of sp³-hybridized carbons (Fsp3) is 0.429. The van der Waals surface area contributed by atoms with Crippen LogP contribution in [0.5, 0.6) is 0 Å². The average Bonchev–Trinajstić information content (AvgIpc) is 3.04. The Bertz CT molecular complexity index is 624. The molecule has 22 heavy (non-hydrogen) atoms. The van der Waals surface area contributed by atoms with E-state index in [4.69, 9.17) is 0 Å². The molecule has 1 amide bonds. The van der Waals surface area contributed by atoms with Crippen LogP contribution in [0.3, 0.4) is 0 Å². The number of anilines is 1. The van der Waals surface area contributed by atoms with Crippen LogP contribution in [0.25, 0.3) is 5.69 Å². The fourth-order valence-electron chi connectivity index (χ4n) is 2.53. The number of hydrogen-bond acceptors (Lipinski definition) is 5. The maximum atomic E-state index is 12.3. The Morgan fingerprint density at radius 3 is 2.82 bits per heavy atom. The molecule has 1 fully saturated rings. The number of rotatable bonds is 3. The Kier molecular flexibility index (Phi) is 5.46. The molecule has 0 spiro atoms. The summed E-state index contributed by atoms with van der Waals surface area (Å²) in [5.41, 5.74) is 2.68. The summed E-state index contributed by atoms with van der Waals surface area (Å²) in [7, 11) is 0. The largest absolute Gasteiger partial charge is 0.326 e. The number of nitrogens with one attached hydrogen (secondary N) is 2. The van der Waals surface area contributed by atoms with Crippen LogP contribution in [0.1, 0.15) is 18.4 Å². The van der Waals surface area contributed by atoms with Crippen LogP contribution >= 0.6 is 12.4 Å². The van der Waals surface area contributed by atoms with Gasteiger partial charge < -0.3 is 10.6 Å². The number of amides is 1. The van der Waals surface area contributed by atoms with E-state index in [0.717, 1.165) is 42.9 Å². The van der Waals surface area contributed by atoms with Crippen molar-refractivity contribution >= 4 is 24.0 Å².